The topological polar surface area (TPSA) is 87.2 Å². The summed E-state index contributed by atoms with van der Waals surface area (Å²) in [6, 6.07) is 7.91. The summed E-state index contributed by atoms with van der Waals surface area (Å²) in [5.41, 5.74) is 4.45. The first-order chi connectivity index (χ1) is 15.1. The van der Waals surface area contributed by atoms with Gasteiger partial charge in [-0.2, -0.15) is 0 Å². The van der Waals surface area contributed by atoms with Gasteiger partial charge in [0.1, 0.15) is 12.0 Å². The van der Waals surface area contributed by atoms with Crippen molar-refractivity contribution in [2.75, 3.05) is 18.4 Å². The first kappa shape index (κ1) is 21.4. The highest BCUT2D eigenvalue weighted by Crippen LogP contribution is 2.24. The van der Waals surface area contributed by atoms with Gasteiger partial charge in [0.15, 0.2) is 0 Å². The van der Waals surface area contributed by atoms with Crippen molar-refractivity contribution in [3.63, 3.8) is 0 Å². The predicted octanol–water partition coefficient (Wildman–Crippen LogP) is 3.30. The number of nitrogens with zero attached hydrogens (tertiary/aromatic N) is 3. The Morgan fingerprint density at radius 3 is 2.61 bits per heavy atom. The quantitative estimate of drug-likeness (QED) is 0.747. The van der Waals surface area contributed by atoms with Crippen LogP contribution in [0.1, 0.15) is 66.3 Å². The van der Waals surface area contributed by atoms with Crippen molar-refractivity contribution in [2.45, 2.75) is 58.5 Å². The lowest BCUT2D eigenvalue weighted by Gasteiger charge is -2.29. The zero-order valence-corrected chi connectivity index (χ0v) is 18.2. The number of rotatable bonds is 6. The first-order valence-corrected chi connectivity index (χ1v) is 11.3. The Morgan fingerprint density at radius 1 is 1.10 bits per heavy atom. The number of carbonyl (C=O) groups excluding carboxylic acids is 2. The van der Waals surface area contributed by atoms with Gasteiger partial charge in [-0.15, -0.1) is 0 Å². The Labute approximate surface area is 183 Å². The molecule has 0 spiro atoms. The summed E-state index contributed by atoms with van der Waals surface area (Å²) in [7, 11) is 0. The fourth-order valence-corrected chi connectivity index (χ4v) is 4.61. The number of amides is 2. The van der Waals surface area contributed by atoms with Crippen LogP contribution in [-0.2, 0) is 24.3 Å². The Kier molecular flexibility index (Phi) is 6.92. The largest absolute Gasteiger partial charge is 0.350 e. The van der Waals surface area contributed by atoms with E-state index in [1.54, 1.807) is 0 Å². The van der Waals surface area contributed by atoms with Gasteiger partial charge >= 0.3 is 0 Å². The lowest BCUT2D eigenvalue weighted by molar-refractivity contribution is -0.114. The van der Waals surface area contributed by atoms with E-state index in [0.717, 1.165) is 43.0 Å². The van der Waals surface area contributed by atoms with Crippen LogP contribution in [-0.4, -0.2) is 39.8 Å². The second-order valence-corrected chi connectivity index (χ2v) is 8.70. The lowest BCUT2D eigenvalue weighted by atomic mass is 9.89. The minimum Gasteiger partial charge on any atom is -0.350 e. The third kappa shape index (κ3) is 5.67. The second-order valence-electron chi connectivity index (χ2n) is 8.70. The van der Waals surface area contributed by atoms with E-state index in [9.17, 15) is 9.59 Å². The van der Waals surface area contributed by atoms with Gasteiger partial charge in [0, 0.05) is 44.4 Å². The average Bonchev–Trinajstić information content (AvgIpc) is 2.78. The second kappa shape index (κ2) is 10.0. The number of benzene rings is 1. The molecule has 1 aliphatic heterocycles. The first-order valence-electron chi connectivity index (χ1n) is 11.3. The van der Waals surface area contributed by atoms with Crippen LogP contribution in [0.25, 0.3) is 0 Å². The molecule has 7 nitrogen and oxygen atoms in total. The van der Waals surface area contributed by atoms with Crippen molar-refractivity contribution in [3.8, 4) is 0 Å². The van der Waals surface area contributed by atoms with Gasteiger partial charge in [0.2, 0.25) is 5.91 Å². The van der Waals surface area contributed by atoms with Crippen LogP contribution in [0, 0.1) is 5.92 Å². The summed E-state index contributed by atoms with van der Waals surface area (Å²) in [6.45, 7) is 4.61. The SMILES string of the molecule is CC(=O)Nc1ccc(CN2CCc3c(ncnc3C(=O)NCC3CCCCC3)C2)cc1. The van der Waals surface area contributed by atoms with E-state index in [-0.39, 0.29) is 11.8 Å². The molecule has 1 aromatic heterocycles. The summed E-state index contributed by atoms with van der Waals surface area (Å²) >= 11 is 0. The maximum atomic E-state index is 12.8. The van der Waals surface area contributed by atoms with Crippen LogP contribution in [0.5, 0.6) is 0 Å². The van der Waals surface area contributed by atoms with Gasteiger partial charge in [-0.3, -0.25) is 14.5 Å². The molecule has 2 aliphatic rings. The third-order valence-electron chi connectivity index (χ3n) is 6.26. The Morgan fingerprint density at radius 2 is 1.87 bits per heavy atom. The molecule has 2 aromatic rings. The highest BCUT2D eigenvalue weighted by molar-refractivity contribution is 5.94. The molecule has 1 aromatic carbocycles. The molecule has 0 radical (unpaired) electrons. The van der Waals surface area contributed by atoms with E-state index >= 15 is 0 Å². The molecule has 2 N–H and O–H groups in total. The van der Waals surface area contributed by atoms with Crippen molar-refractivity contribution in [1.29, 1.82) is 0 Å². The molecule has 7 heteroatoms. The highest BCUT2D eigenvalue weighted by Gasteiger charge is 2.24. The molecule has 1 saturated carbocycles. The average molecular weight is 422 g/mol. The van der Waals surface area contributed by atoms with Crippen LogP contribution >= 0.6 is 0 Å². The molecule has 0 saturated heterocycles. The van der Waals surface area contributed by atoms with E-state index in [2.05, 4.69) is 25.5 Å². The molecular weight excluding hydrogens is 390 g/mol. The van der Waals surface area contributed by atoms with Crippen LogP contribution < -0.4 is 10.6 Å². The van der Waals surface area contributed by atoms with Crippen molar-refractivity contribution < 1.29 is 9.59 Å². The monoisotopic (exact) mass is 421 g/mol. The van der Waals surface area contributed by atoms with Crippen molar-refractivity contribution >= 4 is 17.5 Å². The molecule has 0 atom stereocenters. The van der Waals surface area contributed by atoms with Gasteiger partial charge in [-0.05, 0) is 42.9 Å². The number of aromatic nitrogens is 2. The van der Waals surface area contributed by atoms with E-state index < -0.39 is 0 Å². The Bertz CT molecular complexity index is 922. The number of hydrogen-bond donors (Lipinski definition) is 2. The number of anilines is 1. The number of carbonyl (C=O) groups is 2. The van der Waals surface area contributed by atoms with E-state index in [1.165, 1.54) is 50.9 Å². The number of hydrogen-bond acceptors (Lipinski definition) is 5. The van der Waals surface area contributed by atoms with Crippen molar-refractivity contribution in [2.24, 2.45) is 5.92 Å². The van der Waals surface area contributed by atoms with Gasteiger partial charge in [0.25, 0.3) is 5.91 Å². The number of nitrogens with one attached hydrogen (secondary N) is 2. The zero-order valence-electron chi connectivity index (χ0n) is 18.2. The molecule has 0 bridgehead atoms. The minimum atomic E-state index is -0.0707. The number of fused-ring (bicyclic) bond motifs is 1. The lowest BCUT2D eigenvalue weighted by Crippen LogP contribution is -2.35. The van der Waals surface area contributed by atoms with Gasteiger partial charge in [-0.25, -0.2) is 9.97 Å². The summed E-state index contributed by atoms with van der Waals surface area (Å²) in [6.07, 6.45) is 8.57. The van der Waals surface area contributed by atoms with Crippen LogP contribution in [0.2, 0.25) is 0 Å². The molecule has 31 heavy (non-hydrogen) atoms. The molecule has 2 heterocycles. The molecule has 2 amide bonds. The van der Waals surface area contributed by atoms with E-state index in [0.29, 0.717) is 18.2 Å². The van der Waals surface area contributed by atoms with Crippen molar-refractivity contribution in [3.05, 3.63) is 53.1 Å². The maximum Gasteiger partial charge on any atom is 0.270 e. The normalized spacial score (nSPS) is 17.1. The van der Waals surface area contributed by atoms with Crippen LogP contribution in [0.3, 0.4) is 0 Å². The predicted molar refractivity (Wildman–Crippen MR) is 120 cm³/mol. The zero-order chi connectivity index (χ0) is 21.6. The summed E-state index contributed by atoms with van der Waals surface area (Å²) in [4.78, 5) is 35.1. The van der Waals surface area contributed by atoms with E-state index in [1.807, 2.05) is 24.3 Å². The smallest absolute Gasteiger partial charge is 0.270 e. The molecular formula is C24H31N5O2. The Hall–Kier alpha value is -2.80. The van der Waals surface area contributed by atoms with Crippen LogP contribution in [0.15, 0.2) is 30.6 Å². The highest BCUT2D eigenvalue weighted by atomic mass is 16.2. The molecule has 164 valence electrons. The Balaban J connectivity index is 1.36. The van der Waals surface area contributed by atoms with Crippen LogP contribution in [0.4, 0.5) is 5.69 Å². The molecule has 1 aliphatic carbocycles. The molecule has 1 fully saturated rings. The van der Waals surface area contributed by atoms with Gasteiger partial charge in [0.05, 0.1) is 5.69 Å². The fourth-order valence-electron chi connectivity index (χ4n) is 4.61. The third-order valence-corrected chi connectivity index (χ3v) is 6.26. The summed E-state index contributed by atoms with van der Waals surface area (Å²) < 4.78 is 0. The molecule has 4 rings (SSSR count). The minimum absolute atomic E-state index is 0.0637. The fraction of sp³-hybridized carbons (Fsp3) is 0.500. The van der Waals surface area contributed by atoms with Crippen molar-refractivity contribution in [1.82, 2.24) is 20.2 Å². The van der Waals surface area contributed by atoms with E-state index in [4.69, 9.17) is 0 Å². The van der Waals surface area contributed by atoms with Gasteiger partial charge in [-0.1, -0.05) is 31.4 Å². The van der Waals surface area contributed by atoms with Gasteiger partial charge < -0.3 is 10.6 Å². The summed E-state index contributed by atoms with van der Waals surface area (Å²) in [5.74, 6) is 0.466. The maximum absolute atomic E-state index is 12.8. The summed E-state index contributed by atoms with van der Waals surface area (Å²) in [5, 5.41) is 5.90. The molecule has 0 unspecified atom stereocenters. The standard InChI is InChI=1S/C24H31N5O2/c1-17(30)28-20-9-7-19(8-10-20)14-29-12-11-21-22(15-29)26-16-27-23(21)24(31)25-13-18-5-3-2-4-6-18/h7-10,16,18H,2-6,11-15H2,1H3,(H,25,31)(H,28,30).